The monoisotopic (exact) mass is 409 g/mol. The highest BCUT2D eigenvalue weighted by Crippen LogP contribution is 2.25. The first-order valence-electron chi connectivity index (χ1n) is 6.86. The summed E-state index contributed by atoms with van der Waals surface area (Å²) in [4.78, 5) is 25.4. The highest BCUT2D eigenvalue weighted by molar-refractivity contribution is 9.10. The Hall–Kier alpha value is -2.23. The molecular weight excluding hydrogens is 398 g/mol. The molecule has 7 nitrogen and oxygen atoms in total. The number of nitrogens with one attached hydrogen (secondary N) is 3. The van der Waals surface area contributed by atoms with Gasteiger partial charge in [0.15, 0.2) is 0 Å². The maximum atomic E-state index is 12.3. The number of carbonyl (C=O) groups is 2. The van der Waals surface area contributed by atoms with Crippen molar-refractivity contribution in [1.82, 2.24) is 10.3 Å². The Morgan fingerprint density at radius 3 is 2.67 bits per heavy atom. The van der Waals surface area contributed by atoms with Gasteiger partial charge in [-0.25, -0.2) is 8.42 Å². The van der Waals surface area contributed by atoms with Crippen LogP contribution < -0.4 is 15.6 Å². The van der Waals surface area contributed by atoms with Crippen LogP contribution in [0.1, 0.15) is 15.9 Å². The molecule has 0 aliphatic carbocycles. The predicted octanol–water partition coefficient (Wildman–Crippen LogP) is 1.57. The van der Waals surface area contributed by atoms with Gasteiger partial charge in [-0.2, -0.15) is 0 Å². The Morgan fingerprint density at radius 2 is 1.92 bits per heavy atom. The Bertz CT molecular complexity index is 943. The molecule has 0 bridgehead atoms. The van der Waals surface area contributed by atoms with Gasteiger partial charge in [0.2, 0.25) is 5.91 Å². The van der Waals surface area contributed by atoms with Gasteiger partial charge in [-0.05, 0) is 51.8 Å². The van der Waals surface area contributed by atoms with Crippen LogP contribution in [0.4, 0.5) is 5.69 Å². The van der Waals surface area contributed by atoms with E-state index in [2.05, 4.69) is 26.7 Å². The zero-order valence-electron chi connectivity index (χ0n) is 12.2. The van der Waals surface area contributed by atoms with Crippen LogP contribution in [0.2, 0.25) is 0 Å². The van der Waals surface area contributed by atoms with Gasteiger partial charge in [-0.15, -0.1) is 4.83 Å². The minimum atomic E-state index is -3.95. The fraction of sp³-hybridized carbons (Fsp3) is 0.0667. The van der Waals surface area contributed by atoms with E-state index in [-0.39, 0.29) is 17.2 Å². The molecule has 3 N–H and O–H groups in total. The van der Waals surface area contributed by atoms with Gasteiger partial charge in [-0.1, -0.05) is 12.1 Å². The van der Waals surface area contributed by atoms with E-state index in [1.165, 1.54) is 18.2 Å². The van der Waals surface area contributed by atoms with Crippen LogP contribution in [0.25, 0.3) is 0 Å². The van der Waals surface area contributed by atoms with Gasteiger partial charge in [-0.3, -0.25) is 15.0 Å². The molecule has 2 amide bonds. The van der Waals surface area contributed by atoms with E-state index >= 15 is 0 Å². The Labute approximate surface area is 146 Å². The van der Waals surface area contributed by atoms with Gasteiger partial charge in [0.05, 0.1) is 16.9 Å². The Balaban J connectivity index is 1.75. The highest BCUT2D eigenvalue weighted by atomic mass is 79.9. The summed E-state index contributed by atoms with van der Waals surface area (Å²) in [5, 5.41) is 2.62. The summed E-state index contributed by atoms with van der Waals surface area (Å²) in [5.41, 5.74) is 3.65. The molecule has 0 radical (unpaired) electrons. The molecule has 3 rings (SSSR count). The third-order valence-electron chi connectivity index (χ3n) is 3.43. The summed E-state index contributed by atoms with van der Waals surface area (Å²) >= 11 is 3.22. The highest BCUT2D eigenvalue weighted by Gasteiger charge is 2.22. The normalized spacial score (nSPS) is 13.3. The van der Waals surface area contributed by atoms with Crippen molar-refractivity contribution in [3.63, 3.8) is 0 Å². The number of anilines is 1. The van der Waals surface area contributed by atoms with Crippen LogP contribution in [0.15, 0.2) is 51.8 Å². The number of hydrogen-bond acceptors (Lipinski definition) is 4. The lowest BCUT2D eigenvalue weighted by Crippen LogP contribution is -2.41. The predicted molar refractivity (Wildman–Crippen MR) is 90.7 cm³/mol. The summed E-state index contributed by atoms with van der Waals surface area (Å²) in [7, 11) is -3.95. The van der Waals surface area contributed by atoms with Crippen LogP contribution in [0.5, 0.6) is 0 Å². The van der Waals surface area contributed by atoms with E-state index < -0.39 is 15.9 Å². The summed E-state index contributed by atoms with van der Waals surface area (Å²) in [6.45, 7) is 0. The number of fused-ring (bicyclic) bond motifs is 1. The lowest BCUT2D eigenvalue weighted by Gasteiger charge is -2.10. The van der Waals surface area contributed by atoms with Crippen molar-refractivity contribution in [2.75, 3.05) is 5.32 Å². The molecule has 0 saturated heterocycles. The van der Waals surface area contributed by atoms with E-state index in [0.29, 0.717) is 21.3 Å². The van der Waals surface area contributed by atoms with Crippen molar-refractivity contribution >= 4 is 43.5 Å². The van der Waals surface area contributed by atoms with Gasteiger partial charge in [0.1, 0.15) is 0 Å². The smallest absolute Gasteiger partial charge is 0.267 e. The quantitative estimate of drug-likeness (QED) is 0.666. The molecule has 0 atom stereocenters. The van der Waals surface area contributed by atoms with Crippen LogP contribution in [0, 0.1) is 0 Å². The summed E-state index contributed by atoms with van der Waals surface area (Å²) < 4.78 is 25.1. The molecule has 2 aromatic carbocycles. The number of sulfonamides is 1. The number of rotatable bonds is 4. The maximum Gasteiger partial charge on any atom is 0.267 e. The van der Waals surface area contributed by atoms with Crippen LogP contribution in [-0.2, 0) is 21.2 Å². The molecule has 2 aromatic rings. The Morgan fingerprint density at radius 1 is 1.17 bits per heavy atom. The molecular formula is C15H12BrN3O4S. The van der Waals surface area contributed by atoms with Crippen molar-refractivity contribution in [2.45, 2.75) is 11.3 Å². The van der Waals surface area contributed by atoms with Crippen molar-refractivity contribution in [3.8, 4) is 0 Å². The second-order valence-corrected chi connectivity index (χ2v) is 7.62. The first kappa shape index (κ1) is 16.6. The molecule has 1 aliphatic rings. The molecule has 24 heavy (non-hydrogen) atoms. The number of carbonyl (C=O) groups excluding carboxylic acids is 2. The molecule has 0 saturated carbocycles. The third kappa shape index (κ3) is 3.32. The van der Waals surface area contributed by atoms with Crippen molar-refractivity contribution in [3.05, 3.63) is 58.1 Å². The van der Waals surface area contributed by atoms with E-state index in [0.717, 1.165) is 0 Å². The average molecular weight is 410 g/mol. The van der Waals surface area contributed by atoms with E-state index in [1.807, 2.05) is 4.83 Å². The lowest BCUT2D eigenvalue weighted by molar-refractivity contribution is -0.115. The van der Waals surface area contributed by atoms with E-state index in [1.54, 1.807) is 24.3 Å². The fourth-order valence-electron chi connectivity index (χ4n) is 2.26. The van der Waals surface area contributed by atoms with Gasteiger partial charge >= 0.3 is 0 Å². The zero-order valence-corrected chi connectivity index (χ0v) is 14.6. The summed E-state index contributed by atoms with van der Waals surface area (Å²) in [5.74, 6) is -0.779. The second-order valence-electron chi connectivity index (χ2n) is 5.08. The van der Waals surface area contributed by atoms with Crippen LogP contribution >= 0.6 is 15.9 Å². The first-order chi connectivity index (χ1) is 11.4. The lowest BCUT2D eigenvalue weighted by atomic mass is 10.2. The number of halogens is 1. The number of benzene rings is 2. The summed E-state index contributed by atoms with van der Waals surface area (Å²) in [6.07, 6.45) is 0.127. The molecule has 0 spiro atoms. The van der Waals surface area contributed by atoms with Crippen molar-refractivity contribution < 1.29 is 18.0 Å². The topological polar surface area (TPSA) is 104 Å². The average Bonchev–Trinajstić information content (AvgIpc) is 2.92. The molecule has 9 heteroatoms. The van der Waals surface area contributed by atoms with E-state index in [4.69, 9.17) is 0 Å². The molecule has 0 unspecified atom stereocenters. The largest absolute Gasteiger partial charge is 0.326 e. The van der Waals surface area contributed by atoms with Crippen LogP contribution in [-0.4, -0.2) is 20.2 Å². The van der Waals surface area contributed by atoms with Gasteiger partial charge in [0.25, 0.3) is 15.9 Å². The van der Waals surface area contributed by atoms with Crippen LogP contribution in [0.3, 0.4) is 0 Å². The zero-order chi connectivity index (χ0) is 17.3. The molecule has 1 heterocycles. The minimum Gasteiger partial charge on any atom is -0.326 e. The molecule has 1 aliphatic heterocycles. The minimum absolute atomic E-state index is 0.0369. The maximum absolute atomic E-state index is 12.3. The molecule has 0 aromatic heterocycles. The van der Waals surface area contributed by atoms with Gasteiger partial charge in [0, 0.05) is 10.2 Å². The standard InChI is InChI=1S/C15H12BrN3O4S/c16-12-4-2-1-3-11(12)15(21)18-19-24(22,23)10-5-6-13-9(7-10)8-14(20)17-13/h1-7,19H,8H2,(H,17,20)(H,18,21). The molecule has 124 valence electrons. The number of hydrazine groups is 1. The first-order valence-corrected chi connectivity index (χ1v) is 9.14. The number of hydrogen-bond donors (Lipinski definition) is 3. The second kappa shape index (κ2) is 6.34. The number of amides is 2. The molecule has 0 fully saturated rings. The SMILES string of the molecule is O=C1Cc2cc(S(=O)(=O)NNC(=O)c3ccccc3Br)ccc2N1. The van der Waals surface area contributed by atoms with E-state index in [9.17, 15) is 18.0 Å². The van der Waals surface area contributed by atoms with Crippen molar-refractivity contribution in [1.29, 1.82) is 0 Å². The fourth-order valence-corrected chi connectivity index (χ4v) is 3.61. The van der Waals surface area contributed by atoms with Crippen molar-refractivity contribution in [2.24, 2.45) is 0 Å². The summed E-state index contributed by atoms with van der Waals surface area (Å²) in [6, 6.07) is 10.9. The van der Waals surface area contributed by atoms with Gasteiger partial charge < -0.3 is 5.32 Å². The third-order valence-corrected chi connectivity index (χ3v) is 5.37. The Kier molecular flexibility index (Phi) is 4.39.